The maximum absolute atomic E-state index is 12.7. The largest absolute Gasteiger partial charge is 0.478 e. The van der Waals surface area contributed by atoms with Crippen LogP contribution in [0.2, 0.25) is 0 Å². The van der Waals surface area contributed by atoms with Crippen LogP contribution in [0.3, 0.4) is 0 Å². The Morgan fingerprint density at radius 2 is 1.70 bits per heavy atom. The van der Waals surface area contributed by atoms with E-state index in [1.165, 1.54) is 41.3 Å². The molecule has 3 rings (SSSR count). The summed E-state index contributed by atoms with van der Waals surface area (Å²) in [6.45, 7) is 0.269. The highest BCUT2D eigenvalue weighted by molar-refractivity contribution is 5.94. The lowest BCUT2D eigenvalue weighted by Crippen LogP contribution is -2.32. The summed E-state index contributed by atoms with van der Waals surface area (Å²) < 4.78 is 43.8. The highest BCUT2D eigenvalue weighted by Crippen LogP contribution is 2.32. The van der Waals surface area contributed by atoms with E-state index in [0.29, 0.717) is 11.3 Å². The molecular weight excluding hydrogens is 363 g/mol. The van der Waals surface area contributed by atoms with E-state index < -0.39 is 23.8 Å². The third-order valence-corrected chi connectivity index (χ3v) is 4.32. The maximum Gasteiger partial charge on any atom is 0.416 e. The standard InChI is InChI=1S/C19H16F3NO4/c20-19(21,22)14-5-1-12(2-6-14)16-11-23(17(24)9-10-27-16)15-7-3-13(4-8-15)18(25)26/h1-8,16H,9-11H2,(H,25,26). The SMILES string of the molecule is O=C(O)c1ccc(N2CC(c3ccc(C(F)(F)F)cc3)OCCC2=O)cc1. The van der Waals surface area contributed by atoms with Gasteiger partial charge in [0.1, 0.15) is 6.10 Å². The van der Waals surface area contributed by atoms with Crippen molar-refractivity contribution >= 4 is 17.6 Å². The first-order valence-corrected chi connectivity index (χ1v) is 8.18. The second kappa shape index (κ2) is 7.40. The first-order valence-electron chi connectivity index (χ1n) is 8.18. The van der Waals surface area contributed by atoms with Crippen LogP contribution >= 0.6 is 0 Å². The number of halogens is 3. The average molecular weight is 379 g/mol. The summed E-state index contributed by atoms with van der Waals surface area (Å²) in [5.74, 6) is -1.28. The molecule has 2 aromatic carbocycles. The summed E-state index contributed by atoms with van der Waals surface area (Å²) in [5, 5.41) is 8.97. The van der Waals surface area contributed by atoms with Gasteiger partial charge in [0.15, 0.2) is 0 Å². The van der Waals surface area contributed by atoms with E-state index in [1.807, 2.05) is 0 Å². The molecule has 1 saturated heterocycles. The van der Waals surface area contributed by atoms with Crippen molar-refractivity contribution in [2.75, 3.05) is 18.1 Å². The number of carbonyl (C=O) groups excluding carboxylic acids is 1. The first-order chi connectivity index (χ1) is 12.8. The predicted molar refractivity (Wildman–Crippen MR) is 90.5 cm³/mol. The van der Waals surface area contributed by atoms with Crippen LogP contribution in [0.15, 0.2) is 48.5 Å². The van der Waals surface area contributed by atoms with Gasteiger partial charge < -0.3 is 14.7 Å². The number of rotatable bonds is 3. The maximum atomic E-state index is 12.7. The number of hydrogen-bond donors (Lipinski definition) is 1. The Balaban J connectivity index is 1.84. The second-order valence-corrected chi connectivity index (χ2v) is 6.09. The van der Waals surface area contributed by atoms with Crippen LogP contribution in [-0.4, -0.2) is 30.1 Å². The summed E-state index contributed by atoms with van der Waals surface area (Å²) in [7, 11) is 0. The molecule has 142 valence electrons. The molecule has 1 fully saturated rings. The van der Waals surface area contributed by atoms with Crippen molar-refractivity contribution in [3.8, 4) is 0 Å². The highest BCUT2D eigenvalue weighted by atomic mass is 19.4. The number of amides is 1. The van der Waals surface area contributed by atoms with Gasteiger partial charge in [0.25, 0.3) is 0 Å². The smallest absolute Gasteiger partial charge is 0.416 e. The van der Waals surface area contributed by atoms with Gasteiger partial charge in [-0.3, -0.25) is 4.79 Å². The van der Waals surface area contributed by atoms with E-state index in [2.05, 4.69) is 0 Å². The van der Waals surface area contributed by atoms with Crippen molar-refractivity contribution in [3.05, 3.63) is 65.2 Å². The molecule has 0 aromatic heterocycles. The topological polar surface area (TPSA) is 66.8 Å². The third kappa shape index (κ3) is 4.28. The number of benzene rings is 2. The molecule has 1 aliphatic heterocycles. The quantitative estimate of drug-likeness (QED) is 0.879. The molecule has 8 heteroatoms. The Bertz CT molecular complexity index is 832. The molecule has 1 atom stereocenters. The van der Waals surface area contributed by atoms with Crippen LogP contribution in [0.25, 0.3) is 0 Å². The third-order valence-electron chi connectivity index (χ3n) is 4.32. The molecular formula is C19H16F3NO4. The Morgan fingerprint density at radius 3 is 2.26 bits per heavy atom. The average Bonchev–Trinajstić information content (AvgIpc) is 2.83. The number of ether oxygens (including phenoxy) is 1. The van der Waals surface area contributed by atoms with E-state index in [0.717, 1.165) is 12.1 Å². The van der Waals surface area contributed by atoms with Gasteiger partial charge in [-0.1, -0.05) is 12.1 Å². The summed E-state index contributed by atoms with van der Waals surface area (Å²) in [4.78, 5) is 24.8. The molecule has 0 spiro atoms. The van der Waals surface area contributed by atoms with Gasteiger partial charge in [-0.15, -0.1) is 0 Å². The van der Waals surface area contributed by atoms with Crippen molar-refractivity contribution in [3.63, 3.8) is 0 Å². The van der Waals surface area contributed by atoms with Crippen molar-refractivity contribution in [2.24, 2.45) is 0 Å². The minimum atomic E-state index is -4.42. The minimum Gasteiger partial charge on any atom is -0.478 e. The zero-order valence-corrected chi connectivity index (χ0v) is 14.1. The minimum absolute atomic E-state index is 0.0940. The van der Waals surface area contributed by atoms with E-state index in [-0.39, 0.29) is 31.0 Å². The Morgan fingerprint density at radius 1 is 1.07 bits per heavy atom. The number of carboxylic acid groups (broad SMARTS) is 1. The van der Waals surface area contributed by atoms with E-state index in [9.17, 15) is 22.8 Å². The zero-order chi connectivity index (χ0) is 19.6. The van der Waals surface area contributed by atoms with Crippen molar-refractivity contribution in [1.82, 2.24) is 0 Å². The fourth-order valence-corrected chi connectivity index (χ4v) is 2.87. The molecule has 1 unspecified atom stereocenters. The number of carbonyl (C=O) groups is 2. The summed E-state index contributed by atoms with van der Waals surface area (Å²) in [6.07, 6.45) is -4.88. The monoisotopic (exact) mass is 379 g/mol. The molecule has 1 N–H and O–H groups in total. The number of nitrogens with zero attached hydrogens (tertiary/aromatic N) is 1. The second-order valence-electron chi connectivity index (χ2n) is 6.09. The van der Waals surface area contributed by atoms with Gasteiger partial charge in [-0.05, 0) is 42.0 Å². The van der Waals surface area contributed by atoms with Crippen LogP contribution in [0.4, 0.5) is 18.9 Å². The van der Waals surface area contributed by atoms with Crippen LogP contribution in [0.5, 0.6) is 0 Å². The number of anilines is 1. The lowest BCUT2D eigenvalue weighted by Gasteiger charge is -2.25. The highest BCUT2D eigenvalue weighted by Gasteiger charge is 2.31. The normalized spacial score (nSPS) is 18.3. The van der Waals surface area contributed by atoms with Gasteiger partial charge in [0.2, 0.25) is 5.91 Å². The van der Waals surface area contributed by atoms with Gasteiger partial charge in [0.05, 0.1) is 30.7 Å². The van der Waals surface area contributed by atoms with Crippen LogP contribution in [-0.2, 0) is 15.7 Å². The van der Waals surface area contributed by atoms with Crippen molar-refractivity contribution in [1.29, 1.82) is 0 Å². The molecule has 1 heterocycles. The molecule has 27 heavy (non-hydrogen) atoms. The molecule has 0 bridgehead atoms. The first kappa shape index (κ1) is 18.9. The molecule has 1 amide bonds. The lowest BCUT2D eigenvalue weighted by atomic mass is 10.1. The molecule has 1 aliphatic rings. The molecule has 0 aliphatic carbocycles. The number of alkyl halides is 3. The molecule has 0 saturated carbocycles. The summed E-state index contributed by atoms with van der Waals surface area (Å²) >= 11 is 0. The van der Waals surface area contributed by atoms with Crippen LogP contribution < -0.4 is 4.90 Å². The Kier molecular flexibility index (Phi) is 5.18. The fraction of sp³-hybridized carbons (Fsp3) is 0.263. The van der Waals surface area contributed by atoms with E-state index in [4.69, 9.17) is 9.84 Å². The summed E-state index contributed by atoms with van der Waals surface area (Å²) in [6, 6.07) is 10.5. The number of carboxylic acids is 1. The Labute approximate surface area is 153 Å². The van der Waals surface area contributed by atoms with Crippen molar-refractivity contribution in [2.45, 2.75) is 18.7 Å². The lowest BCUT2D eigenvalue weighted by molar-refractivity contribution is -0.137. The van der Waals surface area contributed by atoms with Gasteiger partial charge in [-0.25, -0.2) is 4.79 Å². The van der Waals surface area contributed by atoms with Crippen molar-refractivity contribution < 1.29 is 32.6 Å². The fourth-order valence-electron chi connectivity index (χ4n) is 2.87. The molecule has 5 nitrogen and oxygen atoms in total. The van der Waals surface area contributed by atoms with E-state index >= 15 is 0 Å². The number of aromatic carboxylic acids is 1. The molecule has 2 aromatic rings. The molecule has 0 radical (unpaired) electrons. The zero-order valence-electron chi connectivity index (χ0n) is 14.1. The number of hydrogen-bond acceptors (Lipinski definition) is 3. The van der Waals surface area contributed by atoms with Gasteiger partial charge in [-0.2, -0.15) is 13.2 Å². The van der Waals surface area contributed by atoms with Gasteiger partial charge in [0, 0.05) is 5.69 Å². The van der Waals surface area contributed by atoms with E-state index in [1.54, 1.807) is 0 Å². The Hall–Kier alpha value is -2.87. The van der Waals surface area contributed by atoms with Gasteiger partial charge >= 0.3 is 12.1 Å². The van der Waals surface area contributed by atoms with Crippen LogP contribution in [0, 0.1) is 0 Å². The predicted octanol–water partition coefficient (Wildman–Crippen LogP) is 3.90. The summed E-state index contributed by atoms with van der Waals surface area (Å²) in [5.41, 5.74) is 0.380. The van der Waals surface area contributed by atoms with Crippen LogP contribution in [0.1, 0.15) is 34.0 Å².